The van der Waals surface area contributed by atoms with Gasteiger partial charge in [0.2, 0.25) is 5.91 Å². The molecule has 0 aromatic heterocycles. The molecule has 18 heavy (non-hydrogen) atoms. The summed E-state index contributed by atoms with van der Waals surface area (Å²) in [6.07, 6.45) is 0.780. The molecule has 5 nitrogen and oxygen atoms in total. The van der Waals surface area contributed by atoms with E-state index in [-0.39, 0.29) is 23.8 Å². The van der Waals surface area contributed by atoms with Crippen molar-refractivity contribution in [1.82, 2.24) is 9.80 Å². The zero-order valence-corrected chi connectivity index (χ0v) is 11.8. The highest BCUT2D eigenvalue weighted by Crippen LogP contribution is 2.20. The minimum Gasteiger partial charge on any atom is -0.469 e. The standard InChI is InChI=1S/C13H24N2O3/c1-5-14(6-2)12(16)10(3)15-8-7-11(9-15)13(17)18-4/h10-11H,5-9H2,1-4H3. The number of likely N-dealkylation sites (N-methyl/N-ethyl adjacent to an activating group) is 1. The van der Waals surface area contributed by atoms with Gasteiger partial charge in [-0.15, -0.1) is 0 Å². The molecule has 1 aliphatic heterocycles. The first-order valence-corrected chi connectivity index (χ1v) is 6.65. The number of esters is 1. The third kappa shape index (κ3) is 3.22. The second-order valence-corrected chi connectivity index (χ2v) is 4.69. The first-order chi connectivity index (χ1) is 8.54. The number of hydrogen-bond acceptors (Lipinski definition) is 4. The first-order valence-electron chi connectivity index (χ1n) is 6.65. The topological polar surface area (TPSA) is 49.9 Å². The number of methoxy groups -OCH3 is 1. The van der Waals surface area contributed by atoms with E-state index in [1.165, 1.54) is 7.11 Å². The Balaban J connectivity index is 2.56. The molecule has 1 amide bonds. The SMILES string of the molecule is CCN(CC)C(=O)C(C)N1CCC(C(=O)OC)C1. The normalized spacial score (nSPS) is 21.7. The number of ether oxygens (including phenoxy) is 1. The third-order valence-electron chi connectivity index (χ3n) is 3.73. The van der Waals surface area contributed by atoms with Gasteiger partial charge in [-0.1, -0.05) is 0 Å². The van der Waals surface area contributed by atoms with Crippen LogP contribution in [-0.2, 0) is 14.3 Å². The number of nitrogens with zero attached hydrogens (tertiary/aromatic N) is 2. The minimum absolute atomic E-state index is 0.0815. The van der Waals surface area contributed by atoms with E-state index < -0.39 is 0 Å². The van der Waals surface area contributed by atoms with Crippen LogP contribution in [0.15, 0.2) is 0 Å². The van der Waals surface area contributed by atoms with Gasteiger partial charge in [-0.05, 0) is 33.7 Å². The average molecular weight is 256 g/mol. The molecular formula is C13H24N2O3. The van der Waals surface area contributed by atoms with Gasteiger partial charge in [0.05, 0.1) is 19.1 Å². The van der Waals surface area contributed by atoms with Crippen LogP contribution >= 0.6 is 0 Å². The molecule has 1 saturated heterocycles. The lowest BCUT2D eigenvalue weighted by Gasteiger charge is -2.28. The lowest BCUT2D eigenvalue weighted by atomic mass is 10.1. The molecule has 2 atom stereocenters. The van der Waals surface area contributed by atoms with Gasteiger partial charge in [0, 0.05) is 19.6 Å². The van der Waals surface area contributed by atoms with Crippen LogP contribution in [0.3, 0.4) is 0 Å². The number of amides is 1. The predicted octanol–water partition coefficient (Wildman–Crippen LogP) is 0.738. The molecule has 5 heteroatoms. The summed E-state index contributed by atoms with van der Waals surface area (Å²) < 4.78 is 4.75. The van der Waals surface area contributed by atoms with E-state index in [2.05, 4.69) is 4.90 Å². The fraction of sp³-hybridized carbons (Fsp3) is 0.846. The number of rotatable bonds is 5. The maximum atomic E-state index is 12.2. The van der Waals surface area contributed by atoms with Gasteiger partial charge in [-0.25, -0.2) is 0 Å². The van der Waals surface area contributed by atoms with Gasteiger partial charge in [-0.3, -0.25) is 14.5 Å². The Morgan fingerprint density at radius 1 is 1.39 bits per heavy atom. The second kappa shape index (κ2) is 6.73. The van der Waals surface area contributed by atoms with Crippen LogP contribution in [0.2, 0.25) is 0 Å². The van der Waals surface area contributed by atoms with Crippen molar-refractivity contribution in [3.63, 3.8) is 0 Å². The summed E-state index contributed by atoms with van der Waals surface area (Å²) in [7, 11) is 1.41. The molecule has 0 spiro atoms. The first kappa shape index (κ1) is 15.0. The summed E-state index contributed by atoms with van der Waals surface area (Å²) in [6, 6.07) is -0.153. The maximum absolute atomic E-state index is 12.2. The predicted molar refractivity (Wildman–Crippen MR) is 69.1 cm³/mol. The van der Waals surface area contributed by atoms with Crippen LogP contribution in [-0.4, -0.2) is 61.0 Å². The molecule has 1 rings (SSSR count). The van der Waals surface area contributed by atoms with Crippen molar-refractivity contribution in [3.8, 4) is 0 Å². The fourth-order valence-electron chi connectivity index (χ4n) is 2.45. The van der Waals surface area contributed by atoms with Crippen molar-refractivity contribution in [3.05, 3.63) is 0 Å². The summed E-state index contributed by atoms with van der Waals surface area (Å²) in [4.78, 5) is 27.6. The van der Waals surface area contributed by atoms with Crippen LogP contribution < -0.4 is 0 Å². The van der Waals surface area contributed by atoms with Crippen LogP contribution in [0, 0.1) is 5.92 Å². The summed E-state index contributed by atoms with van der Waals surface area (Å²) in [6.45, 7) is 8.75. The Labute approximate surface area is 109 Å². The van der Waals surface area contributed by atoms with E-state index in [0.29, 0.717) is 6.54 Å². The Morgan fingerprint density at radius 3 is 2.50 bits per heavy atom. The van der Waals surface area contributed by atoms with Gasteiger partial charge in [-0.2, -0.15) is 0 Å². The van der Waals surface area contributed by atoms with Gasteiger partial charge >= 0.3 is 5.97 Å². The van der Waals surface area contributed by atoms with Crippen LogP contribution in [0.5, 0.6) is 0 Å². The summed E-state index contributed by atoms with van der Waals surface area (Å²) in [5.74, 6) is -0.104. The van der Waals surface area contributed by atoms with Gasteiger partial charge in [0.25, 0.3) is 0 Å². The number of likely N-dealkylation sites (tertiary alicyclic amines) is 1. The molecule has 1 aliphatic rings. The van der Waals surface area contributed by atoms with Crippen molar-refractivity contribution in [1.29, 1.82) is 0 Å². The highest BCUT2D eigenvalue weighted by atomic mass is 16.5. The number of hydrogen-bond donors (Lipinski definition) is 0. The molecule has 1 heterocycles. The Hall–Kier alpha value is -1.10. The van der Waals surface area contributed by atoms with E-state index in [1.54, 1.807) is 0 Å². The average Bonchev–Trinajstić information content (AvgIpc) is 2.87. The Bertz CT molecular complexity index is 303. The van der Waals surface area contributed by atoms with Crippen molar-refractivity contribution in [2.45, 2.75) is 33.2 Å². The summed E-state index contributed by atoms with van der Waals surface area (Å²) in [5, 5.41) is 0. The Morgan fingerprint density at radius 2 is 2.00 bits per heavy atom. The van der Waals surface area contributed by atoms with Crippen molar-refractivity contribution in [2.24, 2.45) is 5.92 Å². The molecule has 0 N–H and O–H groups in total. The monoisotopic (exact) mass is 256 g/mol. The minimum atomic E-state index is -0.167. The van der Waals surface area contributed by atoms with Gasteiger partial charge < -0.3 is 9.64 Å². The fourth-order valence-corrected chi connectivity index (χ4v) is 2.45. The highest BCUT2D eigenvalue weighted by Gasteiger charge is 2.34. The summed E-state index contributed by atoms with van der Waals surface area (Å²) >= 11 is 0. The van der Waals surface area contributed by atoms with Crippen molar-refractivity contribution in [2.75, 3.05) is 33.3 Å². The zero-order chi connectivity index (χ0) is 13.7. The Kier molecular flexibility index (Phi) is 5.59. The van der Waals surface area contributed by atoms with Gasteiger partial charge in [0.15, 0.2) is 0 Å². The molecule has 2 unspecified atom stereocenters. The summed E-state index contributed by atoms with van der Waals surface area (Å²) in [5.41, 5.74) is 0. The van der Waals surface area contributed by atoms with Crippen molar-refractivity contribution < 1.29 is 14.3 Å². The third-order valence-corrected chi connectivity index (χ3v) is 3.73. The van der Waals surface area contributed by atoms with E-state index in [1.807, 2.05) is 25.7 Å². The van der Waals surface area contributed by atoms with Crippen molar-refractivity contribution >= 4 is 11.9 Å². The molecule has 0 bridgehead atoms. The molecule has 104 valence electrons. The van der Waals surface area contributed by atoms with E-state index >= 15 is 0 Å². The smallest absolute Gasteiger partial charge is 0.310 e. The molecule has 0 aromatic carbocycles. The van der Waals surface area contributed by atoms with Crippen LogP contribution in [0.1, 0.15) is 27.2 Å². The highest BCUT2D eigenvalue weighted by molar-refractivity contribution is 5.81. The lowest BCUT2D eigenvalue weighted by Crippen LogP contribution is -2.46. The second-order valence-electron chi connectivity index (χ2n) is 4.69. The van der Waals surface area contributed by atoms with Crippen LogP contribution in [0.4, 0.5) is 0 Å². The van der Waals surface area contributed by atoms with E-state index in [0.717, 1.165) is 26.1 Å². The molecule has 0 aromatic rings. The quantitative estimate of drug-likeness (QED) is 0.681. The zero-order valence-electron chi connectivity index (χ0n) is 11.8. The molecular weight excluding hydrogens is 232 g/mol. The molecule has 0 radical (unpaired) electrons. The molecule has 0 aliphatic carbocycles. The van der Waals surface area contributed by atoms with E-state index in [4.69, 9.17) is 4.74 Å². The van der Waals surface area contributed by atoms with E-state index in [9.17, 15) is 9.59 Å². The largest absolute Gasteiger partial charge is 0.469 e. The number of carbonyl (C=O) groups is 2. The number of carbonyl (C=O) groups excluding carboxylic acids is 2. The van der Waals surface area contributed by atoms with Crippen LogP contribution in [0.25, 0.3) is 0 Å². The molecule has 1 fully saturated rings. The lowest BCUT2D eigenvalue weighted by molar-refractivity contribution is -0.145. The maximum Gasteiger partial charge on any atom is 0.310 e. The molecule has 0 saturated carbocycles. The van der Waals surface area contributed by atoms with Gasteiger partial charge in [0.1, 0.15) is 0 Å².